The summed E-state index contributed by atoms with van der Waals surface area (Å²) in [6.07, 6.45) is 1.21. The Morgan fingerprint density at radius 1 is 1.62 bits per heavy atom. The highest BCUT2D eigenvalue weighted by molar-refractivity contribution is 5.82. The van der Waals surface area contributed by atoms with Crippen molar-refractivity contribution in [2.45, 2.75) is 39.4 Å². The highest BCUT2D eigenvalue weighted by Gasteiger charge is 2.27. The number of hydrogen-bond donors (Lipinski definition) is 0. The quantitative estimate of drug-likeness (QED) is 0.666. The third kappa shape index (κ3) is 3.44. The van der Waals surface area contributed by atoms with Crippen molar-refractivity contribution in [1.29, 1.82) is 0 Å². The van der Waals surface area contributed by atoms with E-state index in [0.717, 1.165) is 6.42 Å². The average molecular weight is 186 g/mol. The summed E-state index contributed by atoms with van der Waals surface area (Å²) in [5.74, 6) is 0.242. The van der Waals surface area contributed by atoms with E-state index in [1.54, 1.807) is 0 Å². The van der Waals surface area contributed by atoms with Gasteiger partial charge in [0.15, 0.2) is 5.78 Å². The first-order chi connectivity index (χ1) is 6.09. The molecular formula is C10H18O3. The van der Waals surface area contributed by atoms with Crippen molar-refractivity contribution in [3.8, 4) is 0 Å². The van der Waals surface area contributed by atoms with Crippen LogP contribution in [0.3, 0.4) is 0 Å². The number of ketones is 1. The van der Waals surface area contributed by atoms with Crippen LogP contribution in [0.25, 0.3) is 0 Å². The van der Waals surface area contributed by atoms with Gasteiger partial charge in [0, 0.05) is 5.92 Å². The van der Waals surface area contributed by atoms with Gasteiger partial charge in [-0.3, -0.25) is 4.79 Å². The summed E-state index contributed by atoms with van der Waals surface area (Å²) in [5.41, 5.74) is 0. The molecule has 0 aromatic rings. The minimum Gasteiger partial charge on any atom is -0.378 e. The fraction of sp³-hybridized carbons (Fsp3) is 0.900. The van der Waals surface area contributed by atoms with Gasteiger partial charge in [0.25, 0.3) is 0 Å². The molecule has 1 aliphatic heterocycles. The number of Topliss-reactive ketones (excluding diaryl/α,β-unsaturated/α-hetero) is 1. The van der Waals surface area contributed by atoms with Gasteiger partial charge in [-0.15, -0.1) is 0 Å². The maximum absolute atomic E-state index is 11.5. The fourth-order valence-corrected chi connectivity index (χ4v) is 1.41. The molecule has 76 valence electrons. The van der Waals surface area contributed by atoms with Crippen LogP contribution in [-0.4, -0.2) is 31.2 Å². The third-order valence-electron chi connectivity index (χ3n) is 2.21. The lowest BCUT2D eigenvalue weighted by atomic mass is 10.0. The summed E-state index contributed by atoms with van der Waals surface area (Å²) in [6, 6.07) is 0. The molecule has 0 radical (unpaired) electrons. The SMILES string of the molecule is CC(C)OCC(=O)C1COC(C)C1. The maximum atomic E-state index is 11.5. The van der Waals surface area contributed by atoms with Crippen LogP contribution in [0.15, 0.2) is 0 Å². The van der Waals surface area contributed by atoms with E-state index in [0.29, 0.717) is 6.61 Å². The Bertz CT molecular complexity index is 177. The predicted octanol–water partition coefficient (Wildman–Crippen LogP) is 1.41. The van der Waals surface area contributed by atoms with Crippen LogP contribution in [0, 0.1) is 5.92 Å². The standard InChI is InChI=1S/C10H18O3/c1-7(2)12-6-10(11)9-4-8(3)13-5-9/h7-9H,4-6H2,1-3H3. The molecule has 0 aromatic heterocycles. The van der Waals surface area contributed by atoms with Crippen LogP contribution in [0.1, 0.15) is 27.2 Å². The van der Waals surface area contributed by atoms with E-state index in [1.807, 2.05) is 20.8 Å². The van der Waals surface area contributed by atoms with E-state index in [2.05, 4.69) is 0 Å². The molecule has 1 saturated heterocycles. The van der Waals surface area contributed by atoms with Gasteiger partial charge in [-0.1, -0.05) is 0 Å². The van der Waals surface area contributed by atoms with Gasteiger partial charge in [0.1, 0.15) is 6.61 Å². The van der Waals surface area contributed by atoms with Crippen LogP contribution in [0.5, 0.6) is 0 Å². The lowest BCUT2D eigenvalue weighted by Crippen LogP contribution is -2.22. The summed E-state index contributed by atoms with van der Waals surface area (Å²) >= 11 is 0. The molecular weight excluding hydrogens is 168 g/mol. The zero-order chi connectivity index (χ0) is 9.84. The summed E-state index contributed by atoms with van der Waals surface area (Å²) in [4.78, 5) is 11.5. The van der Waals surface area contributed by atoms with Gasteiger partial charge in [0.05, 0.1) is 18.8 Å². The van der Waals surface area contributed by atoms with Gasteiger partial charge in [-0.2, -0.15) is 0 Å². The number of ether oxygens (including phenoxy) is 2. The van der Waals surface area contributed by atoms with E-state index in [9.17, 15) is 4.79 Å². The maximum Gasteiger partial charge on any atom is 0.163 e. The molecule has 0 bridgehead atoms. The van der Waals surface area contributed by atoms with Crippen LogP contribution in [-0.2, 0) is 14.3 Å². The van der Waals surface area contributed by atoms with Crippen LogP contribution in [0.2, 0.25) is 0 Å². The van der Waals surface area contributed by atoms with Gasteiger partial charge >= 0.3 is 0 Å². The predicted molar refractivity (Wildman–Crippen MR) is 49.6 cm³/mol. The molecule has 0 spiro atoms. The van der Waals surface area contributed by atoms with Crippen molar-refractivity contribution >= 4 is 5.78 Å². The van der Waals surface area contributed by atoms with E-state index in [4.69, 9.17) is 9.47 Å². The Labute approximate surface area is 79.4 Å². The first-order valence-corrected chi connectivity index (χ1v) is 4.85. The van der Waals surface area contributed by atoms with E-state index in [-0.39, 0.29) is 30.5 Å². The van der Waals surface area contributed by atoms with Crippen LogP contribution in [0.4, 0.5) is 0 Å². The molecule has 13 heavy (non-hydrogen) atoms. The average Bonchev–Trinajstić information content (AvgIpc) is 2.47. The first kappa shape index (κ1) is 10.7. The second kappa shape index (κ2) is 4.72. The summed E-state index contributed by atoms with van der Waals surface area (Å²) in [7, 11) is 0. The van der Waals surface area contributed by atoms with Gasteiger partial charge in [-0.05, 0) is 27.2 Å². The topological polar surface area (TPSA) is 35.5 Å². The highest BCUT2D eigenvalue weighted by Crippen LogP contribution is 2.19. The normalized spacial score (nSPS) is 28.3. The Balaban J connectivity index is 2.24. The molecule has 0 aliphatic carbocycles. The van der Waals surface area contributed by atoms with Crippen LogP contribution >= 0.6 is 0 Å². The minimum absolute atomic E-state index is 0.0637. The van der Waals surface area contributed by atoms with Crippen molar-refractivity contribution in [2.75, 3.05) is 13.2 Å². The van der Waals surface area contributed by atoms with E-state index in [1.165, 1.54) is 0 Å². The molecule has 0 saturated carbocycles. The van der Waals surface area contributed by atoms with Crippen molar-refractivity contribution in [3.05, 3.63) is 0 Å². The molecule has 2 unspecified atom stereocenters. The Kier molecular flexibility index (Phi) is 3.88. The van der Waals surface area contributed by atoms with Gasteiger partial charge in [-0.25, -0.2) is 0 Å². The zero-order valence-electron chi connectivity index (χ0n) is 8.58. The molecule has 1 rings (SSSR count). The molecule has 2 atom stereocenters. The molecule has 1 heterocycles. The van der Waals surface area contributed by atoms with Crippen molar-refractivity contribution in [1.82, 2.24) is 0 Å². The van der Waals surface area contributed by atoms with Crippen LogP contribution < -0.4 is 0 Å². The molecule has 1 aliphatic rings. The minimum atomic E-state index is 0.0637. The summed E-state index contributed by atoms with van der Waals surface area (Å²) in [6.45, 7) is 6.67. The monoisotopic (exact) mass is 186 g/mol. The Morgan fingerprint density at radius 3 is 2.77 bits per heavy atom. The van der Waals surface area contributed by atoms with E-state index < -0.39 is 0 Å². The van der Waals surface area contributed by atoms with Gasteiger partial charge < -0.3 is 9.47 Å². The van der Waals surface area contributed by atoms with Crippen molar-refractivity contribution in [2.24, 2.45) is 5.92 Å². The highest BCUT2D eigenvalue weighted by atomic mass is 16.5. The molecule has 3 nitrogen and oxygen atoms in total. The molecule has 0 aromatic carbocycles. The van der Waals surface area contributed by atoms with Crippen molar-refractivity contribution < 1.29 is 14.3 Å². The Morgan fingerprint density at radius 2 is 2.31 bits per heavy atom. The first-order valence-electron chi connectivity index (χ1n) is 4.85. The number of carbonyl (C=O) groups excluding carboxylic acids is 1. The number of carbonyl (C=O) groups is 1. The number of hydrogen-bond acceptors (Lipinski definition) is 3. The molecule has 0 N–H and O–H groups in total. The summed E-state index contributed by atoms with van der Waals surface area (Å²) in [5, 5.41) is 0. The van der Waals surface area contributed by atoms with Crippen molar-refractivity contribution in [3.63, 3.8) is 0 Å². The smallest absolute Gasteiger partial charge is 0.163 e. The van der Waals surface area contributed by atoms with E-state index >= 15 is 0 Å². The molecule has 3 heteroatoms. The molecule has 0 amide bonds. The largest absolute Gasteiger partial charge is 0.378 e. The lowest BCUT2D eigenvalue weighted by Gasteiger charge is -2.09. The van der Waals surface area contributed by atoms with Gasteiger partial charge in [0.2, 0.25) is 0 Å². The fourth-order valence-electron chi connectivity index (χ4n) is 1.41. The third-order valence-corrected chi connectivity index (χ3v) is 2.21. The second-order valence-corrected chi connectivity index (χ2v) is 3.90. The summed E-state index contributed by atoms with van der Waals surface area (Å²) < 4.78 is 10.6. The lowest BCUT2D eigenvalue weighted by molar-refractivity contribution is -0.128. The number of rotatable bonds is 4. The zero-order valence-corrected chi connectivity index (χ0v) is 8.58. The molecule has 1 fully saturated rings. The Hall–Kier alpha value is -0.410. The second-order valence-electron chi connectivity index (χ2n) is 3.90.